The van der Waals surface area contributed by atoms with E-state index in [1.807, 2.05) is 0 Å². The molecule has 4 atom stereocenters. The molecule has 0 bridgehead atoms. The van der Waals surface area contributed by atoms with Gasteiger partial charge in [-0.05, 0) is 0 Å². The Hall–Kier alpha value is -0.440. The van der Waals surface area contributed by atoms with Gasteiger partial charge in [-0.25, -0.2) is 0 Å². The second-order valence-electron chi connectivity index (χ2n) is 6.63. The van der Waals surface area contributed by atoms with Crippen LogP contribution in [-0.2, 0) is 47.4 Å². The largest absolute Gasteiger partial charge is 0.388 e. The lowest BCUT2D eigenvalue weighted by Gasteiger charge is -2.40. The van der Waals surface area contributed by atoms with E-state index in [0.29, 0.717) is 79.3 Å². The molecular weight excluding hydrogens is 416 g/mol. The molecular formula is C20H40O11. The van der Waals surface area contributed by atoms with E-state index < -0.39 is 24.6 Å². The van der Waals surface area contributed by atoms with Gasteiger partial charge in [-0.15, -0.1) is 0 Å². The van der Waals surface area contributed by atoms with Gasteiger partial charge in [0, 0.05) is 21.3 Å². The molecule has 1 saturated heterocycles. The van der Waals surface area contributed by atoms with Crippen LogP contribution in [0.2, 0.25) is 0 Å². The van der Waals surface area contributed by atoms with Gasteiger partial charge in [0.25, 0.3) is 0 Å². The highest BCUT2D eigenvalue weighted by atomic mass is 16.7. The Labute approximate surface area is 185 Å². The molecule has 1 N–H and O–H groups in total. The number of hydrogen-bond acceptors (Lipinski definition) is 11. The van der Waals surface area contributed by atoms with Crippen molar-refractivity contribution in [3.8, 4) is 0 Å². The second kappa shape index (κ2) is 20.2. The second-order valence-corrected chi connectivity index (χ2v) is 6.63. The van der Waals surface area contributed by atoms with E-state index in [2.05, 4.69) is 0 Å². The van der Waals surface area contributed by atoms with Gasteiger partial charge in [0.2, 0.25) is 0 Å². The van der Waals surface area contributed by atoms with Crippen LogP contribution in [0.15, 0.2) is 0 Å². The predicted molar refractivity (Wildman–Crippen MR) is 109 cm³/mol. The lowest BCUT2D eigenvalue weighted by Crippen LogP contribution is -2.56. The van der Waals surface area contributed by atoms with E-state index in [0.717, 1.165) is 0 Å². The van der Waals surface area contributed by atoms with Crippen LogP contribution in [0.1, 0.15) is 0 Å². The summed E-state index contributed by atoms with van der Waals surface area (Å²) in [6.45, 7) is 5.07. The minimum atomic E-state index is -0.851. The molecule has 0 spiro atoms. The third kappa shape index (κ3) is 13.6. The van der Waals surface area contributed by atoms with Crippen LogP contribution in [0.3, 0.4) is 0 Å². The molecule has 1 rings (SSSR count). The number of methoxy groups -OCH3 is 3. The molecule has 0 aromatic carbocycles. The molecule has 0 radical (unpaired) electrons. The molecule has 1 aliphatic heterocycles. The van der Waals surface area contributed by atoms with Crippen molar-refractivity contribution in [2.75, 3.05) is 107 Å². The van der Waals surface area contributed by atoms with E-state index in [1.54, 1.807) is 21.3 Å². The minimum Gasteiger partial charge on any atom is -0.388 e. The standard InChI is InChI=1S/C20H40O11/c1-22-4-7-25-10-13-28-18-17(21)16-31-20(30-15-12-27-9-6-24-3)19(18)29-14-11-26-8-5-23-2/h17-21H,4-16H2,1-3H3/t17-,18+,19-,20?/m1/s1. The fraction of sp³-hybridized carbons (Fsp3) is 1.00. The molecule has 0 aromatic heterocycles. The van der Waals surface area contributed by atoms with E-state index in [-0.39, 0.29) is 6.61 Å². The van der Waals surface area contributed by atoms with Gasteiger partial charge in [0.1, 0.15) is 18.3 Å². The van der Waals surface area contributed by atoms with Crippen LogP contribution < -0.4 is 0 Å². The highest BCUT2D eigenvalue weighted by Crippen LogP contribution is 2.22. The fourth-order valence-electron chi connectivity index (χ4n) is 2.72. The van der Waals surface area contributed by atoms with Crippen LogP contribution >= 0.6 is 0 Å². The summed E-state index contributed by atoms with van der Waals surface area (Å²) < 4.78 is 54.3. The molecule has 11 heteroatoms. The SMILES string of the molecule is COCCOCCOC1OC[C@@H](O)[C@H](OCCOCCOC)[C@H]1OCCOCCOC. The predicted octanol–water partition coefficient (Wildman–Crippen LogP) is -0.520. The van der Waals surface area contributed by atoms with Crippen molar-refractivity contribution in [3.05, 3.63) is 0 Å². The van der Waals surface area contributed by atoms with Crippen molar-refractivity contribution in [1.29, 1.82) is 0 Å². The molecule has 1 unspecified atom stereocenters. The summed E-state index contributed by atoms with van der Waals surface area (Å²) in [5.74, 6) is 0. The van der Waals surface area contributed by atoms with Crippen molar-refractivity contribution < 1.29 is 52.5 Å². The first kappa shape index (κ1) is 28.6. The molecule has 1 heterocycles. The average Bonchev–Trinajstić information content (AvgIpc) is 2.77. The average molecular weight is 457 g/mol. The van der Waals surface area contributed by atoms with E-state index in [4.69, 9.17) is 47.4 Å². The molecule has 1 aliphatic rings. The van der Waals surface area contributed by atoms with Crippen molar-refractivity contribution in [3.63, 3.8) is 0 Å². The van der Waals surface area contributed by atoms with E-state index in [1.165, 1.54) is 0 Å². The Bertz CT molecular complexity index is 388. The quantitative estimate of drug-likeness (QED) is 0.225. The topological polar surface area (TPSA) is 113 Å². The van der Waals surface area contributed by atoms with Crippen LogP contribution in [-0.4, -0.2) is 137 Å². The lowest BCUT2D eigenvalue weighted by molar-refractivity contribution is -0.292. The number of rotatable bonds is 21. The maximum Gasteiger partial charge on any atom is 0.186 e. The molecule has 1 fully saturated rings. The van der Waals surface area contributed by atoms with Crippen LogP contribution in [0.4, 0.5) is 0 Å². The zero-order chi connectivity index (χ0) is 22.6. The smallest absolute Gasteiger partial charge is 0.186 e. The first-order chi connectivity index (χ1) is 15.2. The maximum atomic E-state index is 10.4. The highest BCUT2D eigenvalue weighted by Gasteiger charge is 2.42. The summed E-state index contributed by atoms with van der Waals surface area (Å²) in [6.07, 6.45) is -2.81. The Balaban J connectivity index is 2.49. The summed E-state index contributed by atoms with van der Waals surface area (Å²) in [5.41, 5.74) is 0. The van der Waals surface area contributed by atoms with Crippen molar-refractivity contribution >= 4 is 0 Å². The first-order valence-corrected chi connectivity index (χ1v) is 10.6. The third-order valence-corrected chi connectivity index (χ3v) is 4.28. The zero-order valence-electron chi connectivity index (χ0n) is 19.0. The van der Waals surface area contributed by atoms with Crippen LogP contribution in [0, 0.1) is 0 Å². The molecule has 0 saturated carbocycles. The van der Waals surface area contributed by atoms with Gasteiger partial charge in [-0.1, -0.05) is 0 Å². The number of hydrogen-bond donors (Lipinski definition) is 1. The summed E-state index contributed by atoms with van der Waals surface area (Å²) >= 11 is 0. The van der Waals surface area contributed by atoms with Gasteiger partial charge in [0.05, 0.1) is 85.9 Å². The molecule has 0 aromatic rings. The van der Waals surface area contributed by atoms with Gasteiger partial charge < -0.3 is 52.5 Å². The van der Waals surface area contributed by atoms with E-state index >= 15 is 0 Å². The Morgan fingerprint density at radius 3 is 1.48 bits per heavy atom. The van der Waals surface area contributed by atoms with Gasteiger partial charge >= 0.3 is 0 Å². The highest BCUT2D eigenvalue weighted by molar-refractivity contribution is 4.86. The summed E-state index contributed by atoms with van der Waals surface area (Å²) in [7, 11) is 4.84. The van der Waals surface area contributed by atoms with Crippen molar-refractivity contribution in [2.24, 2.45) is 0 Å². The molecule has 0 amide bonds. The first-order valence-electron chi connectivity index (χ1n) is 10.6. The van der Waals surface area contributed by atoms with Crippen molar-refractivity contribution in [2.45, 2.75) is 24.6 Å². The normalized spacial score (nSPS) is 24.0. The number of aliphatic hydroxyl groups is 1. The Morgan fingerprint density at radius 1 is 0.581 bits per heavy atom. The fourth-order valence-corrected chi connectivity index (χ4v) is 2.72. The third-order valence-electron chi connectivity index (χ3n) is 4.28. The summed E-state index contributed by atoms with van der Waals surface area (Å²) in [6, 6.07) is 0. The lowest BCUT2D eigenvalue weighted by atomic mass is 10.0. The molecule has 186 valence electrons. The Kier molecular flexibility index (Phi) is 18.6. The molecule has 11 nitrogen and oxygen atoms in total. The van der Waals surface area contributed by atoms with Crippen molar-refractivity contribution in [1.82, 2.24) is 0 Å². The Morgan fingerprint density at radius 2 is 1.00 bits per heavy atom. The summed E-state index contributed by atoms with van der Waals surface area (Å²) in [4.78, 5) is 0. The van der Waals surface area contributed by atoms with Crippen LogP contribution in [0.25, 0.3) is 0 Å². The minimum absolute atomic E-state index is 0.0780. The van der Waals surface area contributed by atoms with Gasteiger partial charge in [-0.3, -0.25) is 0 Å². The van der Waals surface area contributed by atoms with E-state index in [9.17, 15) is 5.11 Å². The van der Waals surface area contributed by atoms with Gasteiger partial charge in [-0.2, -0.15) is 0 Å². The zero-order valence-corrected chi connectivity index (χ0v) is 19.0. The number of aliphatic hydroxyl groups excluding tert-OH is 1. The number of ether oxygens (including phenoxy) is 10. The monoisotopic (exact) mass is 456 g/mol. The molecule has 0 aliphatic carbocycles. The van der Waals surface area contributed by atoms with Crippen LogP contribution in [0.5, 0.6) is 0 Å². The van der Waals surface area contributed by atoms with Gasteiger partial charge in [0.15, 0.2) is 6.29 Å². The molecule has 31 heavy (non-hydrogen) atoms. The maximum absolute atomic E-state index is 10.4. The summed E-state index contributed by atoms with van der Waals surface area (Å²) in [5, 5.41) is 10.4.